The van der Waals surface area contributed by atoms with Crippen LogP contribution in [0.15, 0.2) is 47.4 Å². The zero-order valence-electron chi connectivity index (χ0n) is 14.1. The monoisotopic (exact) mass is 392 g/mol. The molecule has 2 N–H and O–H groups in total. The van der Waals surface area contributed by atoms with Crippen molar-refractivity contribution >= 4 is 46.6 Å². The zero-order chi connectivity index (χ0) is 18.7. The number of nitrogens with one attached hydrogen (secondary N) is 2. The molecule has 1 unspecified atom stereocenters. The molecule has 4 nitrogen and oxygen atoms in total. The standard InChI is InChI=1S/C19H18ClFN2O2S/c1-11(18(24)22-14-7-8-17(21)16(20)10-14)26-15-4-2-3-13(9-15)23-19(25)12-5-6-12/h2-4,7-12H,5-6H2,1H3,(H,22,24)(H,23,25). The Bertz CT molecular complexity index is 842. The van der Waals surface area contributed by atoms with Gasteiger partial charge in [0.1, 0.15) is 5.82 Å². The van der Waals surface area contributed by atoms with Crippen LogP contribution in [0.25, 0.3) is 0 Å². The predicted molar refractivity (Wildman–Crippen MR) is 103 cm³/mol. The van der Waals surface area contributed by atoms with Crippen LogP contribution in [-0.2, 0) is 9.59 Å². The number of carbonyl (C=O) groups is 2. The third-order valence-electron chi connectivity index (χ3n) is 3.92. The van der Waals surface area contributed by atoms with Crippen LogP contribution in [0.2, 0.25) is 5.02 Å². The van der Waals surface area contributed by atoms with Crippen LogP contribution in [0.4, 0.5) is 15.8 Å². The van der Waals surface area contributed by atoms with Crippen molar-refractivity contribution in [1.29, 1.82) is 0 Å². The number of carbonyl (C=O) groups excluding carboxylic acids is 2. The summed E-state index contributed by atoms with van der Waals surface area (Å²) in [6.45, 7) is 1.78. The van der Waals surface area contributed by atoms with Crippen LogP contribution in [-0.4, -0.2) is 17.1 Å². The van der Waals surface area contributed by atoms with E-state index in [2.05, 4.69) is 10.6 Å². The Morgan fingerprint density at radius 3 is 2.58 bits per heavy atom. The molecule has 26 heavy (non-hydrogen) atoms. The fraction of sp³-hybridized carbons (Fsp3) is 0.263. The van der Waals surface area contributed by atoms with Crippen molar-refractivity contribution in [1.82, 2.24) is 0 Å². The summed E-state index contributed by atoms with van der Waals surface area (Å²) in [5.41, 5.74) is 1.17. The first-order valence-electron chi connectivity index (χ1n) is 8.26. The second kappa shape index (κ2) is 8.10. The lowest BCUT2D eigenvalue weighted by Gasteiger charge is -2.13. The van der Waals surface area contributed by atoms with Gasteiger partial charge in [-0.2, -0.15) is 0 Å². The van der Waals surface area contributed by atoms with Crippen molar-refractivity contribution in [3.8, 4) is 0 Å². The van der Waals surface area contributed by atoms with E-state index in [4.69, 9.17) is 11.6 Å². The SMILES string of the molecule is CC(Sc1cccc(NC(=O)C2CC2)c1)C(=O)Nc1ccc(F)c(Cl)c1. The van der Waals surface area contributed by atoms with Crippen LogP contribution in [0.1, 0.15) is 19.8 Å². The van der Waals surface area contributed by atoms with Crippen molar-refractivity contribution in [2.75, 3.05) is 10.6 Å². The van der Waals surface area contributed by atoms with E-state index < -0.39 is 5.82 Å². The first-order valence-corrected chi connectivity index (χ1v) is 9.51. The zero-order valence-corrected chi connectivity index (χ0v) is 15.7. The minimum Gasteiger partial charge on any atom is -0.326 e. The van der Waals surface area contributed by atoms with Gasteiger partial charge >= 0.3 is 0 Å². The molecular formula is C19H18ClFN2O2S. The number of amides is 2. The quantitative estimate of drug-likeness (QED) is 0.684. The Hall–Kier alpha value is -2.05. The van der Waals surface area contributed by atoms with Crippen molar-refractivity contribution in [3.63, 3.8) is 0 Å². The molecule has 1 atom stereocenters. The molecule has 0 aromatic heterocycles. The van der Waals surface area contributed by atoms with Gasteiger partial charge in [0.2, 0.25) is 11.8 Å². The number of halogens is 2. The second-order valence-corrected chi connectivity index (χ2v) is 7.99. The van der Waals surface area contributed by atoms with Gasteiger partial charge in [0.25, 0.3) is 0 Å². The van der Waals surface area contributed by atoms with E-state index in [1.165, 1.54) is 30.0 Å². The predicted octanol–water partition coefficient (Wildman–Crippen LogP) is 4.95. The number of anilines is 2. The smallest absolute Gasteiger partial charge is 0.237 e. The molecule has 136 valence electrons. The third kappa shape index (κ3) is 4.99. The van der Waals surface area contributed by atoms with E-state index >= 15 is 0 Å². The van der Waals surface area contributed by atoms with E-state index in [9.17, 15) is 14.0 Å². The average molecular weight is 393 g/mol. The molecule has 7 heteroatoms. The van der Waals surface area contributed by atoms with Gasteiger partial charge in [-0.05, 0) is 56.2 Å². The fourth-order valence-electron chi connectivity index (χ4n) is 2.31. The van der Waals surface area contributed by atoms with Gasteiger partial charge in [0, 0.05) is 22.2 Å². The summed E-state index contributed by atoms with van der Waals surface area (Å²) >= 11 is 7.10. The summed E-state index contributed by atoms with van der Waals surface area (Å²) in [7, 11) is 0. The van der Waals surface area contributed by atoms with E-state index in [0.29, 0.717) is 5.69 Å². The average Bonchev–Trinajstić information content (AvgIpc) is 3.43. The highest BCUT2D eigenvalue weighted by Crippen LogP contribution is 2.31. The maximum absolute atomic E-state index is 13.2. The topological polar surface area (TPSA) is 58.2 Å². The molecule has 0 spiro atoms. The summed E-state index contributed by atoms with van der Waals surface area (Å²) in [5.74, 6) is -0.563. The summed E-state index contributed by atoms with van der Waals surface area (Å²) in [5, 5.41) is 5.19. The Morgan fingerprint density at radius 2 is 1.88 bits per heavy atom. The van der Waals surface area contributed by atoms with Gasteiger partial charge < -0.3 is 10.6 Å². The molecule has 0 bridgehead atoms. The van der Waals surface area contributed by atoms with Crippen molar-refractivity contribution in [3.05, 3.63) is 53.3 Å². The number of thioether (sulfide) groups is 1. The lowest BCUT2D eigenvalue weighted by molar-refractivity contribution is -0.117. The van der Waals surface area contributed by atoms with Crippen LogP contribution >= 0.6 is 23.4 Å². The molecule has 2 amide bonds. The highest BCUT2D eigenvalue weighted by atomic mass is 35.5. The van der Waals surface area contributed by atoms with Crippen LogP contribution in [0.5, 0.6) is 0 Å². The Morgan fingerprint density at radius 1 is 1.15 bits per heavy atom. The number of hydrogen-bond acceptors (Lipinski definition) is 3. The molecule has 1 aliphatic rings. The molecule has 0 heterocycles. The van der Waals surface area contributed by atoms with E-state index in [-0.39, 0.29) is 28.0 Å². The van der Waals surface area contributed by atoms with E-state index in [0.717, 1.165) is 23.4 Å². The van der Waals surface area contributed by atoms with Gasteiger partial charge in [0.15, 0.2) is 0 Å². The molecule has 1 fully saturated rings. The van der Waals surface area contributed by atoms with Crippen molar-refractivity contribution in [2.24, 2.45) is 5.92 Å². The summed E-state index contributed by atoms with van der Waals surface area (Å²) in [4.78, 5) is 25.1. The minimum absolute atomic E-state index is 0.0396. The molecule has 0 saturated heterocycles. The molecular weight excluding hydrogens is 375 g/mol. The molecule has 0 aliphatic heterocycles. The Kier molecular flexibility index (Phi) is 5.84. The highest BCUT2D eigenvalue weighted by molar-refractivity contribution is 8.00. The maximum Gasteiger partial charge on any atom is 0.237 e. The largest absolute Gasteiger partial charge is 0.326 e. The molecule has 2 aromatic rings. The summed E-state index contributed by atoms with van der Waals surface area (Å²) in [6.07, 6.45) is 1.90. The van der Waals surface area contributed by atoms with Crippen molar-refractivity contribution in [2.45, 2.75) is 29.9 Å². The normalized spacial score (nSPS) is 14.6. The number of benzene rings is 2. The maximum atomic E-state index is 13.2. The molecule has 2 aromatic carbocycles. The fourth-order valence-corrected chi connectivity index (χ4v) is 3.42. The Labute approximate surface area is 160 Å². The lowest BCUT2D eigenvalue weighted by Crippen LogP contribution is -2.22. The summed E-state index contributed by atoms with van der Waals surface area (Å²) in [6, 6.07) is 11.5. The number of rotatable bonds is 6. The molecule has 3 rings (SSSR count). The highest BCUT2D eigenvalue weighted by Gasteiger charge is 2.29. The first-order chi connectivity index (χ1) is 12.4. The Balaban J connectivity index is 1.59. The van der Waals surface area contributed by atoms with Crippen LogP contribution < -0.4 is 10.6 Å². The molecule has 1 saturated carbocycles. The number of hydrogen-bond donors (Lipinski definition) is 2. The third-order valence-corrected chi connectivity index (χ3v) is 5.30. The van der Waals surface area contributed by atoms with Gasteiger partial charge in [-0.1, -0.05) is 17.7 Å². The summed E-state index contributed by atoms with van der Waals surface area (Å²) < 4.78 is 13.2. The first kappa shape index (κ1) is 18.7. The van der Waals surface area contributed by atoms with E-state index in [1.54, 1.807) is 6.92 Å². The molecule has 1 aliphatic carbocycles. The molecule has 0 radical (unpaired) electrons. The van der Waals surface area contributed by atoms with Gasteiger partial charge in [-0.3, -0.25) is 9.59 Å². The van der Waals surface area contributed by atoms with Gasteiger partial charge in [-0.25, -0.2) is 4.39 Å². The second-order valence-electron chi connectivity index (χ2n) is 6.17. The van der Waals surface area contributed by atoms with Gasteiger partial charge in [-0.15, -0.1) is 11.8 Å². The van der Waals surface area contributed by atoms with Crippen LogP contribution in [0.3, 0.4) is 0 Å². The minimum atomic E-state index is -0.530. The lowest BCUT2D eigenvalue weighted by atomic mass is 10.3. The van der Waals surface area contributed by atoms with Crippen molar-refractivity contribution < 1.29 is 14.0 Å². The van der Waals surface area contributed by atoms with Crippen LogP contribution in [0, 0.1) is 11.7 Å². The van der Waals surface area contributed by atoms with Gasteiger partial charge in [0.05, 0.1) is 10.3 Å². The van der Waals surface area contributed by atoms with E-state index in [1.807, 2.05) is 24.3 Å².